The van der Waals surface area contributed by atoms with Gasteiger partial charge in [0.05, 0.1) is 16.8 Å². The fourth-order valence-corrected chi connectivity index (χ4v) is 3.11. The highest BCUT2D eigenvalue weighted by Crippen LogP contribution is 2.36. The van der Waals surface area contributed by atoms with E-state index in [1.54, 1.807) is 11.3 Å². The third kappa shape index (κ3) is 2.90. The summed E-state index contributed by atoms with van der Waals surface area (Å²) in [4.78, 5) is 4.67. The van der Waals surface area contributed by atoms with Crippen LogP contribution in [0.25, 0.3) is 20.8 Å². The van der Waals surface area contributed by atoms with Gasteiger partial charge in [-0.1, -0.05) is 18.1 Å². The molecule has 22 heavy (non-hydrogen) atoms. The zero-order valence-corrected chi connectivity index (χ0v) is 13.0. The zero-order chi connectivity index (χ0) is 15.4. The number of terminal acetylenes is 1. The first-order valence-corrected chi connectivity index (χ1v) is 7.82. The van der Waals surface area contributed by atoms with Crippen molar-refractivity contribution >= 4 is 21.6 Å². The van der Waals surface area contributed by atoms with Gasteiger partial charge in [0, 0.05) is 5.56 Å². The lowest BCUT2D eigenvalue weighted by Gasteiger charge is -2.11. The van der Waals surface area contributed by atoms with Crippen LogP contribution in [0.4, 0.5) is 0 Å². The minimum atomic E-state index is 0.223. The van der Waals surface area contributed by atoms with Crippen LogP contribution in [-0.2, 0) is 0 Å². The molecule has 0 N–H and O–H groups in total. The molecule has 0 fully saturated rings. The molecule has 0 radical (unpaired) electrons. The number of fused-ring (bicyclic) bond motifs is 1. The van der Waals surface area contributed by atoms with E-state index in [-0.39, 0.29) is 6.61 Å². The molecule has 0 saturated carbocycles. The summed E-state index contributed by atoms with van der Waals surface area (Å²) in [6.45, 7) is 2.73. The maximum absolute atomic E-state index is 5.65. The summed E-state index contributed by atoms with van der Waals surface area (Å²) in [5.74, 6) is 3.81. The van der Waals surface area contributed by atoms with Crippen molar-refractivity contribution in [3.63, 3.8) is 0 Å². The molecule has 3 rings (SSSR count). The van der Waals surface area contributed by atoms with Gasteiger partial charge in [0.15, 0.2) is 11.5 Å². The van der Waals surface area contributed by atoms with E-state index in [1.165, 1.54) is 4.70 Å². The summed E-state index contributed by atoms with van der Waals surface area (Å²) in [5, 5.41) is 0.964. The first-order chi connectivity index (χ1) is 10.8. The van der Waals surface area contributed by atoms with Gasteiger partial charge in [-0.25, -0.2) is 4.98 Å². The highest BCUT2D eigenvalue weighted by molar-refractivity contribution is 7.21. The Morgan fingerprint density at radius 2 is 2.00 bits per heavy atom. The first kappa shape index (κ1) is 14.4. The Bertz CT molecular complexity index is 799. The molecular formula is C18H15NO2S. The molecule has 0 spiro atoms. The molecule has 110 valence electrons. The van der Waals surface area contributed by atoms with E-state index in [9.17, 15) is 0 Å². The Balaban J connectivity index is 1.99. The van der Waals surface area contributed by atoms with Crippen molar-refractivity contribution in [3.05, 3.63) is 42.5 Å². The number of rotatable bonds is 5. The summed E-state index contributed by atoms with van der Waals surface area (Å²) in [5.41, 5.74) is 2.02. The normalized spacial score (nSPS) is 10.4. The van der Waals surface area contributed by atoms with Crippen LogP contribution in [0.3, 0.4) is 0 Å². The Morgan fingerprint density at radius 1 is 1.14 bits per heavy atom. The van der Waals surface area contributed by atoms with E-state index in [0.717, 1.165) is 16.1 Å². The van der Waals surface area contributed by atoms with Gasteiger partial charge >= 0.3 is 0 Å². The van der Waals surface area contributed by atoms with Crippen LogP contribution in [0.15, 0.2) is 42.5 Å². The molecule has 0 unspecified atom stereocenters. The second kappa shape index (κ2) is 6.50. The van der Waals surface area contributed by atoms with Crippen LogP contribution in [0.1, 0.15) is 6.92 Å². The van der Waals surface area contributed by atoms with Crippen LogP contribution in [0.2, 0.25) is 0 Å². The summed E-state index contributed by atoms with van der Waals surface area (Å²) >= 11 is 1.66. The van der Waals surface area contributed by atoms with Crippen LogP contribution in [0, 0.1) is 12.3 Å². The van der Waals surface area contributed by atoms with Gasteiger partial charge in [-0.05, 0) is 37.3 Å². The average molecular weight is 309 g/mol. The largest absolute Gasteiger partial charge is 0.490 e. The molecule has 1 heterocycles. The van der Waals surface area contributed by atoms with Gasteiger partial charge in [0.2, 0.25) is 0 Å². The highest BCUT2D eigenvalue weighted by atomic mass is 32.1. The van der Waals surface area contributed by atoms with E-state index in [4.69, 9.17) is 15.9 Å². The quantitative estimate of drug-likeness (QED) is 0.656. The first-order valence-electron chi connectivity index (χ1n) is 7.01. The molecule has 1 aromatic heterocycles. The number of hydrogen-bond acceptors (Lipinski definition) is 4. The smallest absolute Gasteiger partial charge is 0.162 e. The number of thiazole rings is 1. The maximum atomic E-state index is 5.65. The number of para-hydroxylation sites is 1. The van der Waals surface area contributed by atoms with Crippen molar-refractivity contribution in [3.8, 4) is 34.4 Å². The predicted molar refractivity (Wildman–Crippen MR) is 90.6 cm³/mol. The van der Waals surface area contributed by atoms with Crippen LogP contribution < -0.4 is 9.47 Å². The van der Waals surface area contributed by atoms with Gasteiger partial charge in [0.25, 0.3) is 0 Å². The van der Waals surface area contributed by atoms with Gasteiger partial charge in [0.1, 0.15) is 11.6 Å². The Hall–Kier alpha value is -2.51. The molecule has 0 aliphatic carbocycles. The van der Waals surface area contributed by atoms with Crippen LogP contribution >= 0.6 is 11.3 Å². The summed E-state index contributed by atoms with van der Waals surface area (Å²) in [7, 11) is 0. The molecule has 3 aromatic rings. The topological polar surface area (TPSA) is 31.4 Å². The van der Waals surface area contributed by atoms with Gasteiger partial charge in [-0.3, -0.25) is 0 Å². The molecule has 0 atom stereocenters. The number of aromatic nitrogens is 1. The Labute approximate surface area is 133 Å². The molecule has 0 amide bonds. The van der Waals surface area contributed by atoms with E-state index >= 15 is 0 Å². The standard InChI is InChI=1S/C18H15NO2S/c1-3-11-21-15-10-9-13(12-16(15)20-4-2)18-19-14-7-5-6-8-17(14)22-18/h1,5-10,12H,4,11H2,2H3. The predicted octanol–water partition coefficient (Wildman–Crippen LogP) is 4.37. The van der Waals surface area contributed by atoms with Crippen LogP contribution in [-0.4, -0.2) is 18.2 Å². The second-order valence-corrected chi connectivity index (χ2v) is 5.60. The fourth-order valence-electron chi connectivity index (χ4n) is 2.14. The van der Waals surface area contributed by atoms with E-state index < -0.39 is 0 Å². The summed E-state index contributed by atoms with van der Waals surface area (Å²) in [6, 6.07) is 13.9. The molecule has 3 nitrogen and oxygen atoms in total. The molecule has 0 saturated heterocycles. The lowest BCUT2D eigenvalue weighted by molar-refractivity contribution is 0.299. The zero-order valence-electron chi connectivity index (χ0n) is 12.2. The van der Waals surface area contributed by atoms with E-state index in [2.05, 4.69) is 17.0 Å². The van der Waals surface area contributed by atoms with Crippen molar-refractivity contribution in [2.24, 2.45) is 0 Å². The van der Waals surface area contributed by atoms with Crippen molar-refractivity contribution < 1.29 is 9.47 Å². The Kier molecular flexibility index (Phi) is 4.27. The van der Waals surface area contributed by atoms with Gasteiger partial charge in [-0.15, -0.1) is 17.8 Å². The number of ether oxygens (including phenoxy) is 2. The third-order valence-electron chi connectivity index (χ3n) is 3.10. The SMILES string of the molecule is C#CCOc1ccc(-c2nc3ccccc3s2)cc1OCC. The highest BCUT2D eigenvalue weighted by Gasteiger charge is 2.11. The molecule has 0 aliphatic rings. The average Bonchev–Trinajstić information content (AvgIpc) is 2.98. The number of hydrogen-bond donors (Lipinski definition) is 0. The monoisotopic (exact) mass is 309 g/mol. The Morgan fingerprint density at radius 3 is 2.77 bits per heavy atom. The number of benzene rings is 2. The van der Waals surface area contributed by atoms with Crippen molar-refractivity contribution in [2.45, 2.75) is 6.92 Å². The lowest BCUT2D eigenvalue weighted by Crippen LogP contribution is -1.99. The molecule has 2 aromatic carbocycles. The third-order valence-corrected chi connectivity index (χ3v) is 4.18. The van der Waals surface area contributed by atoms with Gasteiger partial charge in [-0.2, -0.15) is 0 Å². The number of nitrogens with zero attached hydrogens (tertiary/aromatic N) is 1. The fraction of sp³-hybridized carbons (Fsp3) is 0.167. The van der Waals surface area contributed by atoms with Crippen molar-refractivity contribution in [1.29, 1.82) is 0 Å². The van der Waals surface area contributed by atoms with Crippen molar-refractivity contribution in [1.82, 2.24) is 4.98 Å². The van der Waals surface area contributed by atoms with Crippen molar-refractivity contribution in [2.75, 3.05) is 13.2 Å². The van der Waals surface area contributed by atoms with E-state index in [1.807, 2.05) is 43.3 Å². The maximum Gasteiger partial charge on any atom is 0.162 e. The van der Waals surface area contributed by atoms with Gasteiger partial charge < -0.3 is 9.47 Å². The molecule has 4 heteroatoms. The minimum absolute atomic E-state index is 0.223. The molecule has 0 bridgehead atoms. The minimum Gasteiger partial charge on any atom is -0.490 e. The summed E-state index contributed by atoms with van der Waals surface area (Å²) < 4.78 is 12.3. The van der Waals surface area contributed by atoms with Crippen LogP contribution in [0.5, 0.6) is 11.5 Å². The molecule has 0 aliphatic heterocycles. The van der Waals surface area contributed by atoms with E-state index in [0.29, 0.717) is 18.1 Å². The second-order valence-electron chi connectivity index (χ2n) is 4.57. The summed E-state index contributed by atoms with van der Waals surface area (Å²) in [6.07, 6.45) is 5.24. The molecular weight excluding hydrogens is 294 g/mol. The lowest BCUT2D eigenvalue weighted by atomic mass is 10.2.